The van der Waals surface area contributed by atoms with Crippen molar-refractivity contribution >= 4 is 11.8 Å². The minimum absolute atomic E-state index is 0.0485. The van der Waals surface area contributed by atoms with Crippen LogP contribution in [0, 0.1) is 0 Å². The van der Waals surface area contributed by atoms with Gasteiger partial charge in [-0.2, -0.15) is 0 Å². The van der Waals surface area contributed by atoms with Gasteiger partial charge >= 0.3 is 0 Å². The van der Waals surface area contributed by atoms with E-state index in [-0.39, 0.29) is 17.9 Å². The lowest BCUT2D eigenvalue weighted by molar-refractivity contribution is -0.141. The Bertz CT molecular complexity index is 392. The molecule has 0 aliphatic carbocycles. The number of β-amino-alcohol motifs (C(OH)–C–C–N with tert-alkyl or cyclic N) is 1. The highest BCUT2D eigenvalue weighted by Gasteiger charge is 2.33. The lowest BCUT2D eigenvalue weighted by atomic mass is 10.1. The van der Waals surface area contributed by atoms with Gasteiger partial charge in [0.1, 0.15) is 0 Å². The molecule has 2 aliphatic rings. The topological polar surface area (TPSA) is 76.1 Å². The zero-order valence-electron chi connectivity index (χ0n) is 13.6. The standard InChI is InChI=1S/C15H28N4O3/c1-3-17(4-2)11-14(21)18-5-7-19(8-6-18)15(22)13-9-12(20)10-16-13/h12-13,16,20H,3-11H2,1-2H3. The summed E-state index contributed by atoms with van der Waals surface area (Å²) in [5, 5.41) is 12.6. The Hall–Kier alpha value is -1.18. The maximum Gasteiger partial charge on any atom is 0.239 e. The van der Waals surface area contributed by atoms with Crippen LogP contribution >= 0.6 is 0 Å². The monoisotopic (exact) mass is 312 g/mol. The van der Waals surface area contributed by atoms with Crippen LogP contribution in [0.4, 0.5) is 0 Å². The van der Waals surface area contributed by atoms with E-state index in [1.165, 1.54) is 0 Å². The number of nitrogens with zero attached hydrogens (tertiary/aromatic N) is 3. The molecule has 0 aromatic heterocycles. The lowest BCUT2D eigenvalue weighted by Crippen LogP contribution is -2.55. The zero-order chi connectivity index (χ0) is 16.1. The van der Waals surface area contributed by atoms with E-state index in [0.717, 1.165) is 13.1 Å². The highest BCUT2D eigenvalue weighted by molar-refractivity contribution is 5.83. The summed E-state index contributed by atoms with van der Waals surface area (Å²) in [6.45, 7) is 9.14. The maximum absolute atomic E-state index is 12.3. The average molecular weight is 312 g/mol. The van der Waals surface area contributed by atoms with E-state index >= 15 is 0 Å². The molecule has 0 aromatic rings. The summed E-state index contributed by atoms with van der Waals surface area (Å²) in [7, 11) is 0. The van der Waals surface area contributed by atoms with Crippen molar-refractivity contribution in [2.45, 2.75) is 32.4 Å². The molecular formula is C15H28N4O3. The van der Waals surface area contributed by atoms with E-state index < -0.39 is 6.10 Å². The number of likely N-dealkylation sites (N-methyl/N-ethyl adjacent to an activating group) is 1. The molecule has 126 valence electrons. The first-order valence-electron chi connectivity index (χ1n) is 8.25. The van der Waals surface area contributed by atoms with Crippen molar-refractivity contribution in [3.05, 3.63) is 0 Å². The molecule has 2 heterocycles. The summed E-state index contributed by atoms with van der Waals surface area (Å²) in [5.74, 6) is 0.192. The van der Waals surface area contributed by atoms with Gasteiger partial charge in [-0.1, -0.05) is 13.8 Å². The third-order valence-electron chi connectivity index (χ3n) is 4.60. The van der Waals surface area contributed by atoms with Crippen LogP contribution < -0.4 is 5.32 Å². The number of aliphatic hydroxyl groups excluding tert-OH is 1. The molecular weight excluding hydrogens is 284 g/mol. The highest BCUT2D eigenvalue weighted by atomic mass is 16.3. The third kappa shape index (κ3) is 4.18. The van der Waals surface area contributed by atoms with Crippen molar-refractivity contribution in [1.82, 2.24) is 20.0 Å². The smallest absolute Gasteiger partial charge is 0.239 e. The first kappa shape index (κ1) is 17.2. The van der Waals surface area contributed by atoms with E-state index in [2.05, 4.69) is 24.1 Å². The van der Waals surface area contributed by atoms with E-state index in [1.807, 2.05) is 4.90 Å². The number of piperazine rings is 1. The van der Waals surface area contributed by atoms with Gasteiger partial charge in [0.15, 0.2) is 0 Å². The largest absolute Gasteiger partial charge is 0.392 e. The Balaban J connectivity index is 1.77. The third-order valence-corrected chi connectivity index (χ3v) is 4.60. The van der Waals surface area contributed by atoms with Crippen LogP contribution in [0.2, 0.25) is 0 Å². The fourth-order valence-corrected chi connectivity index (χ4v) is 3.04. The van der Waals surface area contributed by atoms with Crippen molar-refractivity contribution in [1.29, 1.82) is 0 Å². The summed E-state index contributed by atoms with van der Waals surface area (Å²) >= 11 is 0. The molecule has 2 N–H and O–H groups in total. The van der Waals surface area contributed by atoms with Crippen molar-refractivity contribution in [2.75, 3.05) is 52.4 Å². The Morgan fingerprint density at radius 2 is 1.73 bits per heavy atom. The Morgan fingerprint density at radius 1 is 1.14 bits per heavy atom. The van der Waals surface area contributed by atoms with Crippen LogP contribution in [0.15, 0.2) is 0 Å². The van der Waals surface area contributed by atoms with Crippen LogP contribution in [0.25, 0.3) is 0 Å². The van der Waals surface area contributed by atoms with Crippen LogP contribution in [-0.2, 0) is 9.59 Å². The second kappa shape index (κ2) is 7.89. The van der Waals surface area contributed by atoms with Crippen LogP contribution in [0.5, 0.6) is 0 Å². The number of aliphatic hydroxyl groups is 1. The molecule has 2 saturated heterocycles. The molecule has 2 unspecified atom stereocenters. The summed E-state index contributed by atoms with van der Waals surface area (Å²) in [4.78, 5) is 30.3. The van der Waals surface area contributed by atoms with E-state index in [9.17, 15) is 14.7 Å². The molecule has 2 atom stereocenters. The van der Waals surface area contributed by atoms with Crippen molar-refractivity contribution in [3.63, 3.8) is 0 Å². The van der Waals surface area contributed by atoms with Gasteiger partial charge in [0.05, 0.1) is 18.7 Å². The molecule has 7 nitrogen and oxygen atoms in total. The molecule has 7 heteroatoms. The SMILES string of the molecule is CCN(CC)CC(=O)N1CCN(C(=O)C2CC(O)CN2)CC1. The summed E-state index contributed by atoms with van der Waals surface area (Å²) in [6, 6.07) is -0.270. The van der Waals surface area contributed by atoms with Gasteiger partial charge in [-0.05, 0) is 19.5 Å². The van der Waals surface area contributed by atoms with Crippen LogP contribution in [0.3, 0.4) is 0 Å². The summed E-state index contributed by atoms with van der Waals surface area (Å²) in [6.07, 6.45) is 0.0609. The molecule has 0 bridgehead atoms. The molecule has 2 aliphatic heterocycles. The number of carbonyl (C=O) groups excluding carboxylic acids is 2. The molecule has 2 rings (SSSR count). The number of amides is 2. The van der Waals surface area contributed by atoms with E-state index in [0.29, 0.717) is 45.7 Å². The minimum atomic E-state index is -0.425. The normalized spacial score (nSPS) is 25.8. The zero-order valence-corrected chi connectivity index (χ0v) is 13.6. The molecule has 2 amide bonds. The molecule has 0 spiro atoms. The number of rotatable bonds is 5. The lowest BCUT2D eigenvalue weighted by Gasteiger charge is -2.36. The number of hydrogen-bond acceptors (Lipinski definition) is 5. The highest BCUT2D eigenvalue weighted by Crippen LogP contribution is 2.12. The molecule has 0 radical (unpaired) electrons. The second-order valence-electron chi connectivity index (χ2n) is 6.02. The van der Waals surface area contributed by atoms with Crippen LogP contribution in [-0.4, -0.2) is 96.1 Å². The number of nitrogens with one attached hydrogen (secondary N) is 1. The second-order valence-corrected chi connectivity index (χ2v) is 6.02. The van der Waals surface area contributed by atoms with Crippen molar-refractivity contribution in [3.8, 4) is 0 Å². The molecule has 0 saturated carbocycles. The fraction of sp³-hybridized carbons (Fsp3) is 0.867. The van der Waals surface area contributed by atoms with Gasteiger partial charge in [0.2, 0.25) is 11.8 Å². The minimum Gasteiger partial charge on any atom is -0.392 e. The van der Waals surface area contributed by atoms with Gasteiger partial charge in [0, 0.05) is 32.7 Å². The first-order chi connectivity index (χ1) is 10.5. The first-order valence-corrected chi connectivity index (χ1v) is 8.25. The van der Waals surface area contributed by atoms with Gasteiger partial charge in [-0.15, -0.1) is 0 Å². The number of hydrogen-bond donors (Lipinski definition) is 2. The maximum atomic E-state index is 12.3. The summed E-state index contributed by atoms with van der Waals surface area (Å²) < 4.78 is 0. The van der Waals surface area contributed by atoms with Crippen LogP contribution in [0.1, 0.15) is 20.3 Å². The van der Waals surface area contributed by atoms with Gasteiger partial charge in [-0.3, -0.25) is 14.5 Å². The van der Waals surface area contributed by atoms with Gasteiger partial charge in [0.25, 0.3) is 0 Å². The van der Waals surface area contributed by atoms with Gasteiger partial charge < -0.3 is 20.2 Å². The Labute approximate surface area is 132 Å². The van der Waals surface area contributed by atoms with Crippen molar-refractivity contribution in [2.24, 2.45) is 0 Å². The molecule has 0 aromatic carbocycles. The predicted molar refractivity (Wildman–Crippen MR) is 83.4 cm³/mol. The number of carbonyl (C=O) groups is 2. The average Bonchev–Trinajstić information content (AvgIpc) is 2.98. The quantitative estimate of drug-likeness (QED) is 0.661. The van der Waals surface area contributed by atoms with E-state index in [4.69, 9.17) is 0 Å². The predicted octanol–water partition coefficient (Wildman–Crippen LogP) is -1.28. The fourth-order valence-electron chi connectivity index (χ4n) is 3.04. The summed E-state index contributed by atoms with van der Waals surface area (Å²) in [5.41, 5.74) is 0. The van der Waals surface area contributed by atoms with Gasteiger partial charge in [-0.25, -0.2) is 0 Å². The Kier molecular flexibility index (Phi) is 6.16. The van der Waals surface area contributed by atoms with Crippen molar-refractivity contribution < 1.29 is 14.7 Å². The van der Waals surface area contributed by atoms with E-state index in [1.54, 1.807) is 4.90 Å². The Morgan fingerprint density at radius 3 is 2.23 bits per heavy atom. The molecule has 22 heavy (non-hydrogen) atoms. The molecule has 2 fully saturated rings.